The normalized spacial score (nSPS) is 11.4. The highest BCUT2D eigenvalue weighted by Gasteiger charge is 2.21. The minimum atomic E-state index is -4.91. The Kier molecular flexibility index (Phi) is 2.76. The first-order chi connectivity index (χ1) is 6.73. The van der Waals surface area contributed by atoms with E-state index >= 15 is 0 Å². The van der Waals surface area contributed by atoms with Gasteiger partial charge in [0.2, 0.25) is 0 Å². The molecule has 0 aliphatic rings. The predicted octanol–water partition coefficient (Wildman–Crippen LogP) is 1.87. The van der Waals surface area contributed by atoms with Crippen LogP contribution in [-0.2, 0) is 10.2 Å². The summed E-state index contributed by atoms with van der Waals surface area (Å²) < 4.78 is 34.0. The van der Waals surface area contributed by atoms with Gasteiger partial charge in [0.05, 0.1) is 4.92 Å². The molecule has 0 N–H and O–H groups in total. The van der Waals surface area contributed by atoms with Crippen LogP contribution in [0, 0.1) is 24.0 Å². The third-order valence-electron chi connectivity index (χ3n) is 1.95. The number of nitro benzene ring substituents is 1. The average Bonchev–Trinajstić information content (AvgIpc) is 2.00. The van der Waals surface area contributed by atoms with Gasteiger partial charge in [-0.2, -0.15) is 8.42 Å². The molecule has 0 spiro atoms. The Bertz CT molecular complexity index is 524. The molecule has 0 saturated carbocycles. The molecule has 0 amide bonds. The topological polar surface area (TPSA) is 77.3 Å². The third kappa shape index (κ3) is 2.30. The fourth-order valence-electron chi connectivity index (χ4n) is 1.28. The molecule has 82 valence electrons. The van der Waals surface area contributed by atoms with Gasteiger partial charge in [0.25, 0.3) is 5.69 Å². The SMILES string of the molecule is Cc1cc(C)c(S(=O)(=O)F)cc1[N+](=O)[O-]. The van der Waals surface area contributed by atoms with Crippen molar-refractivity contribution in [2.24, 2.45) is 0 Å². The summed E-state index contributed by atoms with van der Waals surface area (Å²) in [5.74, 6) is 0. The summed E-state index contributed by atoms with van der Waals surface area (Å²) in [4.78, 5) is 9.10. The summed E-state index contributed by atoms with van der Waals surface area (Å²) in [7, 11) is -4.91. The van der Waals surface area contributed by atoms with E-state index in [1.54, 1.807) is 0 Å². The molecular formula is C8H8FNO4S. The lowest BCUT2D eigenvalue weighted by Gasteiger charge is -2.03. The van der Waals surface area contributed by atoms with Crippen LogP contribution in [0.4, 0.5) is 9.57 Å². The van der Waals surface area contributed by atoms with Gasteiger partial charge in [-0.1, -0.05) is 0 Å². The Labute approximate surface area is 85.9 Å². The molecule has 0 heterocycles. The largest absolute Gasteiger partial charge is 0.332 e. The quantitative estimate of drug-likeness (QED) is 0.444. The highest BCUT2D eigenvalue weighted by Crippen LogP contribution is 2.26. The fourth-order valence-corrected chi connectivity index (χ4v) is 1.98. The maximum Gasteiger partial charge on any atom is 0.332 e. The number of hydrogen-bond donors (Lipinski definition) is 0. The second kappa shape index (κ2) is 3.58. The Morgan fingerprint density at radius 3 is 2.20 bits per heavy atom. The molecule has 0 fully saturated rings. The van der Waals surface area contributed by atoms with Crippen molar-refractivity contribution in [1.29, 1.82) is 0 Å². The van der Waals surface area contributed by atoms with Crippen LogP contribution < -0.4 is 0 Å². The Morgan fingerprint density at radius 2 is 1.80 bits per heavy atom. The third-order valence-corrected chi connectivity index (χ3v) is 2.92. The van der Waals surface area contributed by atoms with Crippen LogP contribution in [0.3, 0.4) is 0 Å². The molecule has 0 aliphatic carbocycles. The predicted molar refractivity (Wildman–Crippen MR) is 50.9 cm³/mol. The molecular weight excluding hydrogens is 225 g/mol. The monoisotopic (exact) mass is 233 g/mol. The van der Waals surface area contributed by atoms with Crippen molar-refractivity contribution in [3.05, 3.63) is 33.4 Å². The molecule has 0 aliphatic heterocycles. The number of halogens is 1. The summed E-state index contributed by atoms with van der Waals surface area (Å²) >= 11 is 0. The first kappa shape index (κ1) is 11.6. The van der Waals surface area contributed by atoms with Crippen molar-refractivity contribution in [2.45, 2.75) is 18.7 Å². The summed E-state index contributed by atoms with van der Waals surface area (Å²) in [6.07, 6.45) is 0. The second-order valence-corrected chi connectivity index (χ2v) is 4.41. The summed E-state index contributed by atoms with van der Waals surface area (Å²) in [5, 5.41) is 10.5. The highest BCUT2D eigenvalue weighted by molar-refractivity contribution is 7.86. The molecule has 0 radical (unpaired) electrons. The van der Waals surface area contributed by atoms with E-state index in [1.165, 1.54) is 19.9 Å². The first-order valence-corrected chi connectivity index (χ1v) is 5.32. The Hall–Kier alpha value is -1.50. The van der Waals surface area contributed by atoms with Crippen molar-refractivity contribution < 1.29 is 17.2 Å². The maximum atomic E-state index is 12.7. The molecule has 0 atom stereocenters. The minimum absolute atomic E-state index is 0.153. The Balaban J connectivity index is 3.58. The molecule has 1 aromatic carbocycles. The number of rotatable bonds is 2. The first-order valence-electron chi connectivity index (χ1n) is 3.94. The zero-order chi connectivity index (χ0) is 11.8. The minimum Gasteiger partial charge on any atom is -0.258 e. The number of hydrogen-bond acceptors (Lipinski definition) is 4. The number of benzene rings is 1. The van der Waals surface area contributed by atoms with Crippen molar-refractivity contribution >= 4 is 15.9 Å². The van der Waals surface area contributed by atoms with E-state index in [9.17, 15) is 22.4 Å². The summed E-state index contributed by atoms with van der Waals surface area (Å²) in [5.41, 5.74) is 0.0438. The van der Waals surface area contributed by atoms with Crippen molar-refractivity contribution in [3.63, 3.8) is 0 Å². The van der Waals surface area contributed by atoms with Crippen LogP contribution in [0.25, 0.3) is 0 Å². The van der Waals surface area contributed by atoms with Crippen LogP contribution >= 0.6 is 0 Å². The molecule has 15 heavy (non-hydrogen) atoms. The zero-order valence-corrected chi connectivity index (χ0v) is 8.84. The average molecular weight is 233 g/mol. The van der Waals surface area contributed by atoms with E-state index in [2.05, 4.69) is 0 Å². The molecule has 5 nitrogen and oxygen atoms in total. The van der Waals surface area contributed by atoms with Gasteiger partial charge in [0.1, 0.15) is 4.90 Å². The molecule has 0 saturated heterocycles. The lowest BCUT2D eigenvalue weighted by molar-refractivity contribution is -0.385. The van der Waals surface area contributed by atoms with Crippen molar-refractivity contribution in [1.82, 2.24) is 0 Å². The van der Waals surface area contributed by atoms with E-state index in [-0.39, 0.29) is 5.56 Å². The van der Waals surface area contributed by atoms with E-state index < -0.39 is 25.7 Å². The molecule has 0 bridgehead atoms. The molecule has 7 heteroatoms. The van der Waals surface area contributed by atoms with Gasteiger partial charge in [-0.25, -0.2) is 0 Å². The van der Waals surface area contributed by atoms with Gasteiger partial charge in [-0.15, -0.1) is 3.89 Å². The van der Waals surface area contributed by atoms with E-state index in [1.807, 2.05) is 0 Å². The van der Waals surface area contributed by atoms with E-state index in [4.69, 9.17) is 0 Å². The smallest absolute Gasteiger partial charge is 0.258 e. The van der Waals surface area contributed by atoms with Crippen LogP contribution in [0.15, 0.2) is 17.0 Å². The van der Waals surface area contributed by atoms with E-state index in [0.29, 0.717) is 5.56 Å². The van der Waals surface area contributed by atoms with Gasteiger partial charge in [0, 0.05) is 11.6 Å². The summed E-state index contributed by atoms with van der Waals surface area (Å²) in [6.45, 7) is 2.84. The lowest BCUT2D eigenvalue weighted by Crippen LogP contribution is -2.00. The zero-order valence-electron chi connectivity index (χ0n) is 8.02. The van der Waals surface area contributed by atoms with Crippen LogP contribution in [-0.4, -0.2) is 13.3 Å². The van der Waals surface area contributed by atoms with Crippen molar-refractivity contribution in [2.75, 3.05) is 0 Å². The van der Waals surface area contributed by atoms with Gasteiger partial charge in [-0.05, 0) is 25.5 Å². The van der Waals surface area contributed by atoms with Crippen molar-refractivity contribution in [3.8, 4) is 0 Å². The molecule has 0 aromatic heterocycles. The Morgan fingerprint density at radius 1 is 1.27 bits per heavy atom. The van der Waals surface area contributed by atoms with Crippen LogP contribution in [0.5, 0.6) is 0 Å². The lowest BCUT2D eigenvalue weighted by atomic mass is 10.1. The maximum absolute atomic E-state index is 12.7. The standard InChI is InChI=1S/C8H8FNO4S/c1-5-3-6(2)8(15(9,13)14)4-7(5)10(11)12/h3-4H,1-2H3. The molecule has 1 rings (SSSR count). The van der Waals surface area contributed by atoms with Crippen LogP contribution in [0.1, 0.15) is 11.1 Å². The van der Waals surface area contributed by atoms with Gasteiger partial charge < -0.3 is 0 Å². The number of aryl methyl sites for hydroxylation is 2. The summed E-state index contributed by atoms with van der Waals surface area (Å²) in [6, 6.07) is 2.00. The van der Waals surface area contributed by atoms with Gasteiger partial charge >= 0.3 is 10.2 Å². The van der Waals surface area contributed by atoms with Crippen LogP contribution in [0.2, 0.25) is 0 Å². The van der Waals surface area contributed by atoms with E-state index in [0.717, 1.165) is 6.07 Å². The highest BCUT2D eigenvalue weighted by atomic mass is 32.3. The molecule has 0 unspecified atom stereocenters. The van der Waals surface area contributed by atoms with Gasteiger partial charge in [-0.3, -0.25) is 10.1 Å². The molecule has 1 aromatic rings. The second-order valence-electron chi connectivity index (χ2n) is 3.10. The fraction of sp³-hybridized carbons (Fsp3) is 0.250. The van der Waals surface area contributed by atoms with Gasteiger partial charge in [0.15, 0.2) is 0 Å². The number of nitrogens with zero attached hydrogens (tertiary/aromatic N) is 1. The number of nitro groups is 1.